The van der Waals surface area contributed by atoms with Crippen LogP contribution in [0.5, 0.6) is 0 Å². The number of benzene rings is 3. The van der Waals surface area contributed by atoms with E-state index in [4.69, 9.17) is 16.2 Å². The number of nitrogens with one attached hydrogen (secondary N) is 5. The van der Waals surface area contributed by atoms with Crippen molar-refractivity contribution in [3.05, 3.63) is 88.8 Å². The first kappa shape index (κ1) is 17.5. The van der Waals surface area contributed by atoms with Crippen molar-refractivity contribution in [1.82, 2.24) is 10.6 Å². The van der Waals surface area contributed by atoms with E-state index in [1.54, 1.807) is 0 Å². The van der Waals surface area contributed by atoms with Crippen molar-refractivity contribution in [1.29, 1.82) is 16.2 Å². The fourth-order valence-corrected chi connectivity index (χ4v) is 4.46. The Hall–Kier alpha value is -3.64. The van der Waals surface area contributed by atoms with Crippen molar-refractivity contribution in [2.45, 2.75) is 0 Å². The van der Waals surface area contributed by atoms with Crippen LogP contribution in [0, 0.1) is 16.2 Å². The van der Waals surface area contributed by atoms with Crippen molar-refractivity contribution in [3.63, 3.8) is 0 Å². The summed E-state index contributed by atoms with van der Waals surface area (Å²) < 4.78 is 0. The molecule has 5 rings (SSSR count). The molecule has 6 heteroatoms. The van der Waals surface area contributed by atoms with Crippen LogP contribution >= 0.6 is 11.8 Å². The van der Waals surface area contributed by atoms with Crippen molar-refractivity contribution in [2.75, 3.05) is 0 Å². The van der Waals surface area contributed by atoms with Crippen LogP contribution in [-0.4, -0.2) is 16.8 Å². The van der Waals surface area contributed by atoms with E-state index in [0.717, 1.165) is 33.4 Å². The Morgan fingerprint density at radius 3 is 1.66 bits per heavy atom. The summed E-state index contributed by atoms with van der Waals surface area (Å²) in [5, 5.41) is 30.6. The maximum absolute atomic E-state index is 8.48. The average molecular weight is 395 g/mol. The molecular formula is C23H17N5S. The number of hydrogen-bond acceptors (Lipinski definition) is 4. The van der Waals surface area contributed by atoms with Crippen LogP contribution < -0.4 is 10.6 Å². The van der Waals surface area contributed by atoms with Crippen LogP contribution in [0.15, 0.2) is 77.7 Å². The van der Waals surface area contributed by atoms with E-state index >= 15 is 0 Å². The van der Waals surface area contributed by atoms with Gasteiger partial charge in [-0.25, -0.2) is 0 Å². The highest BCUT2D eigenvalue weighted by Gasteiger charge is 2.31. The highest BCUT2D eigenvalue weighted by atomic mass is 32.2. The summed E-state index contributed by atoms with van der Waals surface area (Å²) in [7, 11) is 0. The van der Waals surface area contributed by atoms with Crippen LogP contribution in [0.3, 0.4) is 0 Å². The molecule has 0 unspecified atom stereocenters. The highest BCUT2D eigenvalue weighted by molar-refractivity contribution is 8.18. The molecule has 2 aliphatic heterocycles. The Bertz CT molecular complexity index is 1210. The fourth-order valence-electron chi connectivity index (χ4n) is 3.69. The van der Waals surface area contributed by atoms with Crippen molar-refractivity contribution < 1.29 is 0 Å². The molecule has 3 aromatic carbocycles. The molecule has 1 fully saturated rings. The van der Waals surface area contributed by atoms with Gasteiger partial charge in [-0.3, -0.25) is 16.2 Å². The molecular weight excluding hydrogens is 378 g/mol. The van der Waals surface area contributed by atoms with Crippen molar-refractivity contribution in [3.8, 4) is 22.3 Å². The largest absolute Gasteiger partial charge is 0.339 e. The van der Waals surface area contributed by atoms with Crippen LogP contribution in [0.2, 0.25) is 0 Å². The second-order valence-electron chi connectivity index (χ2n) is 6.81. The van der Waals surface area contributed by atoms with E-state index < -0.39 is 0 Å². The third-order valence-corrected chi connectivity index (χ3v) is 5.93. The zero-order valence-corrected chi connectivity index (χ0v) is 16.2. The highest BCUT2D eigenvalue weighted by Crippen LogP contribution is 2.41. The van der Waals surface area contributed by atoms with E-state index in [0.29, 0.717) is 16.4 Å². The van der Waals surface area contributed by atoms with Gasteiger partial charge in [0.2, 0.25) is 0 Å². The molecule has 2 aliphatic rings. The van der Waals surface area contributed by atoms with E-state index in [-0.39, 0.29) is 11.0 Å². The summed E-state index contributed by atoms with van der Waals surface area (Å²) in [6.45, 7) is 0. The lowest BCUT2D eigenvalue weighted by molar-refractivity contribution is 1.28. The summed E-state index contributed by atoms with van der Waals surface area (Å²) in [6, 6.07) is 24.5. The predicted molar refractivity (Wildman–Crippen MR) is 120 cm³/mol. The van der Waals surface area contributed by atoms with Crippen LogP contribution in [-0.2, 0) is 0 Å². The normalized spacial score (nSPS) is 17.9. The van der Waals surface area contributed by atoms with Gasteiger partial charge in [0.25, 0.3) is 0 Å². The molecule has 0 aromatic heterocycles. The molecule has 0 aliphatic carbocycles. The van der Waals surface area contributed by atoms with Gasteiger partial charge in [-0.1, -0.05) is 60.7 Å². The number of hydrogen-bond donors (Lipinski definition) is 5. The topological polar surface area (TPSA) is 95.6 Å². The van der Waals surface area contributed by atoms with Gasteiger partial charge in [0.05, 0.1) is 10.6 Å². The van der Waals surface area contributed by atoms with Gasteiger partial charge in [-0.05, 0) is 46.1 Å². The summed E-state index contributed by atoms with van der Waals surface area (Å²) in [4.78, 5) is 0.643. The molecule has 5 nitrogen and oxygen atoms in total. The molecule has 29 heavy (non-hydrogen) atoms. The number of rotatable bonds is 2. The van der Waals surface area contributed by atoms with Gasteiger partial charge in [0.1, 0.15) is 11.7 Å². The first-order valence-corrected chi connectivity index (χ1v) is 9.95. The van der Waals surface area contributed by atoms with E-state index in [2.05, 4.69) is 47.0 Å². The van der Waals surface area contributed by atoms with Gasteiger partial charge < -0.3 is 10.6 Å². The minimum atomic E-state index is 0.191. The molecule has 2 heterocycles. The smallest absolute Gasteiger partial charge is 0.164 e. The van der Waals surface area contributed by atoms with Gasteiger partial charge in [0, 0.05) is 11.1 Å². The van der Waals surface area contributed by atoms with Gasteiger partial charge >= 0.3 is 0 Å². The van der Waals surface area contributed by atoms with Crippen LogP contribution in [0.4, 0.5) is 0 Å². The Kier molecular flexibility index (Phi) is 4.07. The van der Waals surface area contributed by atoms with Crippen LogP contribution in [0.1, 0.15) is 11.1 Å². The summed E-state index contributed by atoms with van der Waals surface area (Å²) in [5.41, 5.74) is 6.73. The molecule has 0 saturated carbocycles. The number of thioether (sulfide) groups is 1. The van der Waals surface area contributed by atoms with E-state index in [9.17, 15) is 0 Å². The lowest BCUT2D eigenvalue weighted by atomic mass is 9.90. The van der Waals surface area contributed by atoms with Gasteiger partial charge in [-0.2, -0.15) is 0 Å². The number of amidine groups is 3. The molecule has 5 N–H and O–H groups in total. The third-order valence-electron chi connectivity index (χ3n) is 5.01. The summed E-state index contributed by atoms with van der Waals surface area (Å²) in [5.74, 6) is 0.502. The quantitative estimate of drug-likeness (QED) is 0.428. The zero-order chi connectivity index (χ0) is 20.0. The second kappa shape index (κ2) is 6.76. The fraction of sp³-hybridized carbons (Fsp3) is 0. The lowest BCUT2D eigenvalue weighted by Gasteiger charge is -2.13. The molecule has 0 atom stereocenters. The molecule has 0 bridgehead atoms. The Morgan fingerprint density at radius 2 is 1.14 bits per heavy atom. The second-order valence-corrected chi connectivity index (χ2v) is 7.83. The molecule has 0 spiro atoms. The first-order valence-electron chi connectivity index (χ1n) is 9.13. The SMILES string of the molecule is N=C1NC(=N)C(=C2NC(=N)c3cc(-c4ccccc4)c(-c4ccccc4)cc32)S1. The van der Waals surface area contributed by atoms with E-state index in [1.165, 1.54) is 11.8 Å². The predicted octanol–water partition coefficient (Wildman–Crippen LogP) is 4.87. The average Bonchev–Trinajstić information content (AvgIpc) is 3.26. The minimum Gasteiger partial charge on any atom is -0.339 e. The minimum absolute atomic E-state index is 0.191. The lowest BCUT2D eigenvalue weighted by Crippen LogP contribution is -2.20. The monoisotopic (exact) mass is 395 g/mol. The maximum Gasteiger partial charge on any atom is 0.164 e. The Labute approximate surface area is 172 Å². The first-order chi connectivity index (χ1) is 14.1. The Morgan fingerprint density at radius 1 is 0.586 bits per heavy atom. The molecule has 0 amide bonds. The standard InChI is InChI=1S/C23H17N5S/c24-21-18-12-16(14-9-5-2-6-10-14)15(13-7-3-1-4-8-13)11-17(18)19(27-21)20-22(25)28-23(26)29-20/h1-12H,(H2,24,27)(H3,25,26,28). The van der Waals surface area contributed by atoms with Crippen LogP contribution in [0.25, 0.3) is 28.0 Å². The maximum atomic E-state index is 8.48. The summed E-state index contributed by atoms with van der Waals surface area (Å²) in [6.07, 6.45) is 0. The van der Waals surface area contributed by atoms with Gasteiger partial charge in [0.15, 0.2) is 5.17 Å². The molecule has 0 radical (unpaired) electrons. The van der Waals surface area contributed by atoms with E-state index in [1.807, 2.05) is 36.4 Å². The van der Waals surface area contributed by atoms with Crippen molar-refractivity contribution >= 4 is 34.3 Å². The van der Waals surface area contributed by atoms with Gasteiger partial charge in [-0.15, -0.1) is 0 Å². The number of fused-ring (bicyclic) bond motifs is 1. The zero-order valence-electron chi connectivity index (χ0n) is 15.3. The van der Waals surface area contributed by atoms with Crippen molar-refractivity contribution in [2.24, 2.45) is 0 Å². The Balaban J connectivity index is 1.78. The molecule has 3 aromatic rings. The molecule has 140 valence electrons. The molecule has 1 saturated heterocycles. The summed E-state index contributed by atoms with van der Waals surface area (Å²) >= 11 is 1.21. The third kappa shape index (κ3) is 2.94.